The molecular formula is C21H33N7O. The number of ether oxygens (including phenoxy) is 1. The van der Waals surface area contributed by atoms with Crippen molar-refractivity contribution in [3.63, 3.8) is 0 Å². The van der Waals surface area contributed by atoms with Gasteiger partial charge in [0.05, 0.1) is 23.7 Å². The van der Waals surface area contributed by atoms with Crippen molar-refractivity contribution in [1.29, 1.82) is 0 Å². The molecule has 0 aromatic carbocycles. The van der Waals surface area contributed by atoms with Crippen molar-refractivity contribution in [3.8, 4) is 0 Å². The van der Waals surface area contributed by atoms with Crippen LogP contribution in [-0.4, -0.2) is 57.7 Å². The second-order valence-electron chi connectivity index (χ2n) is 8.34. The Morgan fingerprint density at radius 3 is 3.10 bits per heavy atom. The number of hydrogen-bond donors (Lipinski definition) is 2. The van der Waals surface area contributed by atoms with E-state index in [-0.39, 0.29) is 6.10 Å². The van der Waals surface area contributed by atoms with Gasteiger partial charge >= 0.3 is 0 Å². The van der Waals surface area contributed by atoms with E-state index in [0.29, 0.717) is 5.92 Å². The molecule has 2 unspecified atom stereocenters. The van der Waals surface area contributed by atoms with Crippen LogP contribution in [0.4, 0.5) is 11.8 Å². The lowest BCUT2D eigenvalue weighted by atomic mass is 9.88. The summed E-state index contributed by atoms with van der Waals surface area (Å²) in [6.45, 7) is 8.10. The number of aromatic nitrogens is 5. The predicted octanol–water partition coefficient (Wildman–Crippen LogP) is 2.77. The van der Waals surface area contributed by atoms with Crippen LogP contribution >= 0.6 is 0 Å². The fourth-order valence-corrected chi connectivity index (χ4v) is 4.26. The van der Waals surface area contributed by atoms with E-state index in [2.05, 4.69) is 39.5 Å². The van der Waals surface area contributed by atoms with Gasteiger partial charge in [-0.25, -0.2) is 4.98 Å². The summed E-state index contributed by atoms with van der Waals surface area (Å²) in [5.74, 6) is 2.57. The highest BCUT2D eigenvalue weighted by molar-refractivity contribution is 5.54. The van der Waals surface area contributed by atoms with Crippen molar-refractivity contribution in [2.75, 3.05) is 36.5 Å². The van der Waals surface area contributed by atoms with E-state index < -0.39 is 0 Å². The molecule has 2 aromatic heterocycles. The standard InChI is InChI=1S/C21H33N7O/c1-3-17-14-28(10-5-11-29-17)20-18-8-7-15(2)12-19(18)24-21(25-20)22-9-4-6-16-13-23-27-26-16/h13,15,17H,3-12,14H2,1-2H3,(H,22,24,25)(H,23,26,27). The molecule has 29 heavy (non-hydrogen) atoms. The zero-order valence-electron chi connectivity index (χ0n) is 17.7. The van der Waals surface area contributed by atoms with E-state index in [1.165, 1.54) is 17.7 Å². The highest BCUT2D eigenvalue weighted by atomic mass is 16.5. The van der Waals surface area contributed by atoms with Crippen LogP contribution < -0.4 is 10.2 Å². The van der Waals surface area contributed by atoms with Gasteiger partial charge < -0.3 is 15.0 Å². The third-order valence-electron chi connectivity index (χ3n) is 5.96. The van der Waals surface area contributed by atoms with Crippen molar-refractivity contribution < 1.29 is 4.74 Å². The quantitative estimate of drug-likeness (QED) is 0.692. The minimum Gasteiger partial charge on any atom is -0.376 e. The molecule has 2 aliphatic rings. The third-order valence-corrected chi connectivity index (χ3v) is 5.96. The van der Waals surface area contributed by atoms with Crippen LogP contribution in [0.5, 0.6) is 0 Å². The predicted molar refractivity (Wildman–Crippen MR) is 113 cm³/mol. The summed E-state index contributed by atoms with van der Waals surface area (Å²) in [5, 5.41) is 14.1. The zero-order chi connectivity index (χ0) is 20.1. The summed E-state index contributed by atoms with van der Waals surface area (Å²) in [5.41, 5.74) is 3.57. The Morgan fingerprint density at radius 2 is 2.28 bits per heavy atom. The number of nitrogens with one attached hydrogen (secondary N) is 2. The third kappa shape index (κ3) is 5.04. The fourth-order valence-electron chi connectivity index (χ4n) is 4.26. The molecule has 1 aliphatic carbocycles. The number of nitrogens with zero attached hydrogens (tertiary/aromatic N) is 5. The molecule has 1 aliphatic heterocycles. The van der Waals surface area contributed by atoms with Crippen molar-refractivity contribution in [2.45, 2.75) is 64.9 Å². The Bertz CT molecular complexity index is 780. The Morgan fingerprint density at radius 1 is 1.34 bits per heavy atom. The fraction of sp³-hybridized carbons (Fsp3) is 0.714. The van der Waals surface area contributed by atoms with Gasteiger partial charge in [0.25, 0.3) is 0 Å². The van der Waals surface area contributed by atoms with Gasteiger partial charge in [-0.15, -0.1) is 0 Å². The molecule has 8 nitrogen and oxygen atoms in total. The molecule has 1 fully saturated rings. The molecule has 2 atom stereocenters. The monoisotopic (exact) mass is 399 g/mol. The van der Waals surface area contributed by atoms with Crippen LogP contribution in [0.15, 0.2) is 6.20 Å². The number of rotatable bonds is 7. The molecular weight excluding hydrogens is 366 g/mol. The number of aromatic amines is 1. The normalized spacial score (nSPS) is 22.2. The van der Waals surface area contributed by atoms with E-state index in [1.54, 1.807) is 6.20 Å². The maximum Gasteiger partial charge on any atom is 0.224 e. The van der Waals surface area contributed by atoms with Gasteiger partial charge in [0, 0.05) is 31.8 Å². The molecule has 0 radical (unpaired) electrons. The van der Waals surface area contributed by atoms with Gasteiger partial charge in [0.1, 0.15) is 5.82 Å². The lowest BCUT2D eigenvalue weighted by Gasteiger charge is -2.30. The first kappa shape index (κ1) is 20.1. The molecule has 2 N–H and O–H groups in total. The summed E-state index contributed by atoms with van der Waals surface area (Å²) in [7, 11) is 0. The molecule has 0 amide bonds. The molecule has 0 bridgehead atoms. The minimum absolute atomic E-state index is 0.282. The first-order valence-corrected chi connectivity index (χ1v) is 11.1. The van der Waals surface area contributed by atoms with Crippen molar-refractivity contribution in [1.82, 2.24) is 25.4 Å². The summed E-state index contributed by atoms with van der Waals surface area (Å²) in [6, 6.07) is 0. The van der Waals surface area contributed by atoms with Crippen molar-refractivity contribution in [3.05, 3.63) is 23.1 Å². The van der Waals surface area contributed by atoms with E-state index in [0.717, 1.165) is 82.2 Å². The Hall–Kier alpha value is -2.22. The molecule has 4 rings (SSSR count). The van der Waals surface area contributed by atoms with Gasteiger partial charge in [0.15, 0.2) is 0 Å². The number of H-pyrrole nitrogens is 1. The lowest BCUT2D eigenvalue weighted by Crippen LogP contribution is -2.34. The van der Waals surface area contributed by atoms with E-state index in [1.807, 2.05) is 0 Å². The SMILES string of the molecule is CCC1CN(c2nc(NCCCc3cn[nH]n3)nc3c2CCC(C)C3)CCCO1. The number of hydrogen-bond acceptors (Lipinski definition) is 7. The van der Waals surface area contributed by atoms with Crippen LogP contribution in [0.25, 0.3) is 0 Å². The van der Waals surface area contributed by atoms with Gasteiger partial charge in [0.2, 0.25) is 5.95 Å². The molecule has 0 saturated carbocycles. The maximum atomic E-state index is 6.00. The van der Waals surface area contributed by atoms with E-state index in [9.17, 15) is 0 Å². The first-order chi connectivity index (χ1) is 14.2. The van der Waals surface area contributed by atoms with Crippen molar-refractivity contribution >= 4 is 11.8 Å². The van der Waals surface area contributed by atoms with Crippen LogP contribution in [0.1, 0.15) is 56.5 Å². The van der Waals surface area contributed by atoms with Crippen LogP contribution in [-0.2, 0) is 24.0 Å². The number of anilines is 2. The lowest BCUT2D eigenvalue weighted by molar-refractivity contribution is 0.0664. The second-order valence-corrected chi connectivity index (χ2v) is 8.34. The largest absolute Gasteiger partial charge is 0.376 e. The minimum atomic E-state index is 0.282. The first-order valence-electron chi connectivity index (χ1n) is 11.1. The summed E-state index contributed by atoms with van der Waals surface area (Å²) in [4.78, 5) is 12.3. The van der Waals surface area contributed by atoms with E-state index in [4.69, 9.17) is 14.7 Å². The molecule has 8 heteroatoms. The maximum absolute atomic E-state index is 6.00. The highest BCUT2D eigenvalue weighted by Gasteiger charge is 2.26. The highest BCUT2D eigenvalue weighted by Crippen LogP contribution is 2.32. The average Bonchev–Trinajstić information content (AvgIpc) is 3.13. The molecule has 3 heterocycles. The molecule has 1 saturated heterocycles. The summed E-state index contributed by atoms with van der Waals surface area (Å²) in [6.07, 6.45) is 9.33. The zero-order valence-corrected chi connectivity index (χ0v) is 17.7. The van der Waals surface area contributed by atoms with E-state index >= 15 is 0 Å². The van der Waals surface area contributed by atoms with Gasteiger partial charge in [-0.1, -0.05) is 13.8 Å². The Kier molecular flexibility index (Phi) is 6.59. The molecule has 158 valence electrons. The van der Waals surface area contributed by atoms with Gasteiger partial charge in [-0.05, 0) is 50.9 Å². The second kappa shape index (κ2) is 9.52. The van der Waals surface area contributed by atoms with Gasteiger partial charge in [-0.2, -0.15) is 20.4 Å². The van der Waals surface area contributed by atoms with Crippen LogP contribution in [0, 0.1) is 5.92 Å². The molecule has 0 spiro atoms. The summed E-state index contributed by atoms with van der Waals surface area (Å²) >= 11 is 0. The number of fused-ring (bicyclic) bond motifs is 1. The Labute approximate surface area is 172 Å². The van der Waals surface area contributed by atoms with Crippen LogP contribution in [0.2, 0.25) is 0 Å². The average molecular weight is 400 g/mol. The van der Waals surface area contributed by atoms with Gasteiger partial charge in [-0.3, -0.25) is 0 Å². The van der Waals surface area contributed by atoms with Crippen molar-refractivity contribution in [2.24, 2.45) is 5.92 Å². The topological polar surface area (TPSA) is 91.9 Å². The molecule has 2 aromatic rings. The Balaban J connectivity index is 1.51. The summed E-state index contributed by atoms with van der Waals surface area (Å²) < 4.78 is 6.00. The smallest absolute Gasteiger partial charge is 0.224 e. The van der Waals surface area contributed by atoms with Crippen LogP contribution in [0.3, 0.4) is 0 Å². The number of aryl methyl sites for hydroxylation is 1.